The van der Waals surface area contributed by atoms with Gasteiger partial charge in [0.25, 0.3) is 5.69 Å². The van der Waals surface area contributed by atoms with Crippen molar-refractivity contribution in [2.75, 3.05) is 5.32 Å². The number of nitro groups is 1. The number of carbonyl (C=O) groups excluding carboxylic acids is 2. The van der Waals surface area contributed by atoms with Crippen molar-refractivity contribution in [1.29, 1.82) is 0 Å². The van der Waals surface area contributed by atoms with Crippen molar-refractivity contribution >= 4 is 46.5 Å². The van der Waals surface area contributed by atoms with E-state index in [0.29, 0.717) is 16.3 Å². The molecule has 1 unspecified atom stereocenters. The normalized spacial score (nSPS) is 15.8. The summed E-state index contributed by atoms with van der Waals surface area (Å²) in [4.78, 5) is 34.4. The highest BCUT2D eigenvalue weighted by Gasteiger charge is 2.30. The van der Waals surface area contributed by atoms with Gasteiger partial charge in [0.05, 0.1) is 11.3 Å². The summed E-state index contributed by atoms with van der Waals surface area (Å²) in [6, 6.07) is 8.90. The van der Waals surface area contributed by atoms with Crippen molar-refractivity contribution in [2.45, 2.75) is 18.8 Å². The fraction of sp³-hybridized carbons (Fsp3) is 0.176. The van der Waals surface area contributed by atoms with Gasteiger partial charge in [0.1, 0.15) is 10.8 Å². The molecule has 1 N–H and O–H groups in total. The van der Waals surface area contributed by atoms with Crippen LogP contribution in [0.1, 0.15) is 24.3 Å². The van der Waals surface area contributed by atoms with Crippen LogP contribution in [0.4, 0.5) is 11.4 Å². The van der Waals surface area contributed by atoms with E-state index in [1.54, 1.807) is 18.2 Å². The summed E-state index contributed by atoms with van der Waals surface area (Å²) in [5.41, 5.74) is 0.536. The van der Waals surface area contributed by atoms with Gasteiger partial charge in [-0.25, -0.2) is 0 Å². The summed E-state index contributed by atoms with van der Waals surface area (Å²) in [6.45, 7) is 0. The number of carbonyl (C=O) groups is 2. The Kier molecular flexibility index (Phi) is 5.11. The van der Waals surface area contributed by atoms with Gasteiger partial charge >= 0.3 is 5.97 Å². The molecule has 2 aromatic rings. The lowest BCUT2D eigenvalue weighted by Crippen LogP contribution is -2.24. The third-order valence-electron chi connectivity index (χ3n) is 3.92. The number of anilines is 1. The topological polar surface area (TPSA) is 98.5 Å². The Hall–Kier alpha value is -2.64. The highest BCUT2D eigenvalue weighted by atomic mass is 35.5. The monoisotopic (exact) mass is 394 g/mol. The summed E-state index contributed by atoms with van der Waals surface area (Å²) in [5.74, 6) is -0.956. The zero-order valence-electron chi connectivity index (χ0n) is 13.2. The van der Waals surface area contributed by atoms with Gasteiger partial charge in [0.15, 0.2) is 0 Å². The van der Waals surface area contributed by atoms with Gasteiger partial charge in [-0.15, -0.1) is 0 Å². The lowest BCUT2D eigenvalue weighted by atomic mass is 9.89. The molecule has 0 saturated heterocycles. The van der Waals surface area contributed by atoms with Crippen LogP contribution in [0.5, 0.6) is 5.75 Å². The minimum atomic E-state index is -0.634. The molecular weight excluding hydrogens is 383 g/mol. The number of halogens is 2. The zero-order valence-corrected chi connectivity index (χ0v) is 14.7. The Balaban J connectivity index is 1.78. The van der Waals surface area contributed by atoms with Crippen LogP contribution in [0.2, 0.25) is 10.0 Å². The van der Waals surface area contributed by atoms with Crippen molar-refractivity contribution in [3.63, 3.8) is 0 Å². The van der Waals surface area contributed by atoms with E-state index in [1.165, 1.54) is 18.2 Å². The molecule has 26 heavy (non-hydrogen) atoms. The number of nitrogens with one attached hydrogen (secondary N) is 1. The minimum absolute atomic E-state index is 0.0188. The second-order valence-electron chi connectivity index (χ2n) is 5.70. The van der Waals surface area contributed by atoms with E-state index >= 15 is 0 Å². The Morgan fingerprint density at radius 2 is 2.04 bits per heavy atom. The molecule has 0 saturated carbocycles. The molecule has 0 aliphatic carbocycles. The molecule has 1 heterocycles. The summed E-state index contributed by atoms with van der Waals surface area (Å²) in [5, 5.41) is 13.9. The quantitative estimate of drug-likeness (QED) is 0.360. The number of esters is 1. The van der Waals surface area contributed by atoms with E-state index in [0.717, 1.165) is 0 Å². The fourth-order valence-corrected chi connectivity index (χ4v) is 3.32. The molecule has 0 aromatic heterocycles. The molecule has 1 atom stereocenters. The number of hydrogen-bond acceptors (Lipinski definition) is 5. The Morgan fingerprint density at radius 3 is 2.77 bits per heavy atom. The summed E-state index contributed by atoms with van der Waals surface area (Å²) >= 11 is 11.9. The molecule has 0 radical (unpaired) electrons. The molecule has 7 nitrogen and oxygen atoms in total. The average molecular weight is 395 g/mol. The zero-order chi connectivity index (χ0) is 18.8. The van der Waals surface area contributed by atoms with Crippen LogP contribution in [0.25, 0.3) is 0 Å². The molecule has 0 fully saturated rings. The molecular formula is C17H12Cl2N2O5. The number of amides is 1. The fourth-order valence-electron chi connectivity index (χ4n) is 2.81. The number of ether oxygens (including phenoxy) is 1. The molecule has 0 spiro atoms. The smallest absolute Gasteiger partial charge is 0.311 e. The molecule has 134 valence electrons. The van der Waals surface area contributed by atoms with Gasteiger partial charge in [0.2, 0.25) is 5.91 Å². The summed E-state index contributed by atoms with van der Waals surface area (Å²) < 4.78 is 5.15. The van der Waals surface area contributed by atoms with Gasteiger partial charge in [-0.1, -0.05) is 29.3 Å². The number of rotatable bonds is 4. The lowest BCUT2D eigenvalue weighted by molar-refractivity contribution is -0.384. The maximum atomic E-state index is 12.4. The summed E-state index contributed by atoms with van der Waals surface area (Å²) in [7, 11) is 0. The van der Waals surface area contributed by atoms with Gasteiger partial charge in [-0.2, -0.15) is 0 Å². The van der Waals surface area contributed by atoms with E-state index in [2.05, 4.69) is 5.32 Å². The second kappa shape index (κ2) is 7.31. The highest BCUT2D eigenvalue weighted by molar-refractivity contribution is 6.32. The number of hydrogen-bond donors (Lipinski definition) is 1. The molecule has 9 heteroatoms. The van der Waals surface area contributed by atoms with Crippen molar-refractivity contribution in [3.8, 4) is 5.75 Å². The predicted molar refractivity (Wildman–Crippen MR) is 95.8 cm³/mol. The highest BCUT2D eigenvalue weighted by Crippen LogP contribution is 2.41. The lowest BCUT2D eigenvalue weighted by Gasteiger charge is -2.25. The number of fused-ring (bicyclic) bond motifs is 1. The second-order valence-corrected chi connectivity index (χ2v) is 6.52. The van der Waals surface area contributed by atoms with Crippen molar-refractivity contribution in [3.05, 3.63) is 62.1 Å². The molecule has 1 aliphatic heterocycles. The summed E-state index contributed by atoms with van der Waals surface area (Å²) in [6.07, 6.45) is -0.00677. The van der Waals surface area contributed by atoms with Crippen LogP contribution in [-0.4, -0.2) is 16.8 Å². The maximum absolute atomic E-state index is 12.4. The SMILES string of the molecule is O=C(CC1CC(=O)Oc2cccc(Cl)c21)Nc1ccc(Cl)c([N+](=O)[O-])c1. The minimum Gasteiger partial charge on any atom is -0.426 e. The van der Waals surface area contributed by atoms with Crippen LogP contribution < -0.4 is 10.1 Å². The number of benzene rings is 2. The maximum Gasteiger partial charge on any atom is 0.311 e. The van der Waals surface area contributed by atoms with E-state index in [1.807, 2.05) is 0 Å². The van der Waals surface area contributed by atoms with Gasteiger partial charge in [-0.3, -0.25) is 19.7 Å². The van der Waals surface area contributed by atoms with E-state index < -0.39 is 22.7 Å². The largest absolute Gasteiger partial charge is 0.426 e. The van der Waals surface area contributed by atoms with E-state index in [4.69, 9.17) is 27.9 Å². The molecule has 3 rings (SSSR count). The molecule has 0 bridgehead atoms. The number of nitrogens with zero attached hydrogens (tertiary/aromatic N) is 1. The molecule has 1 amide bonds. The van der Waals surface area contributed by atoms with Gasteiger partial charge in [-0.05, 0) is 24.3 Å². The van der Waals surface area contributed by atoms with Gasteiger partial charge in [0, 0.05) is 34.7 Å². The van der Waals surface area contributed by atoms with Crippen molar-refractivity contribution < 1.29 is 19.2 Å². The van der Waals surface area contributed by atoms with Crippen molar-refractivity contribution in [1.82, 2.24) is 0 Å². The molecule has 1 aliphatic rings. The van der Waals surface area contributed by atoms with Crippen LogP contribution in [0, 0.1) is 10.1 Å². The standard InChI is InChI=1S/C17H12Cl2N2O5/c18-11-5-4-10(8-13(11)21(24)25)20-15(22)6-9-7-16(23)26-14-3-1-2-12(19)17(9)14/h1-5,8-9H,6-7H2,(H,20,22). The first-order valence-electron chi connectivity index (χ1n) is 7.58. The Bertz CT molecular complexity index is 916. The average Bonchev–Trinajstić information content (AvgIpc) is 2.56. The first-order chi connectivity index (χ1) is 12.3. The first kappa shape index (κ1) is 18.2. The third kappa shape index (κ3) is 3.79. The Morgan fingerprint density at radius 1 is 1.27 bits per heavy atom. The van der Waals surface area contributed by atoms with Crippen LogP contribution >= 0.6 is 23.2 Å². The van der Waals surface area contributed by atoms with E-state index in [9.17, 15) is 19.7 Å². The molecule has 2 aromatic carbocycles. The predicted octanol–water partition coefficient (Wildman–Crippen LogP) is 4.32. The van der Waals surface area contributed by atoms with E-state index in [-0.39, 0.29) is 29.2 Å². The first-order valence-corrected chi connectivity index (χ1v) is 8.33. The third-order valence-corrected chi connectivity index (χ3v) is 4.57. The van der Waals surface area contributed by atoms with Crippen molar-refractivity contribution in [2.24, 2.45) is 0 Å². The Labute approximate surface area is 158 Å². The number of nitro benzene ring substituents is 1. The van der Waals surface area contributed by atoms with Crippen LogP contribution in [-0.2, 0) is 9.59 Å². The van der Waals surface area contributed by atoms with Crippen LogP contribution in [0.15, 0.2) is 36.4 Å². The van der Waals surface area contributed by atoms with Gasteiger partial charge < -0.3 is 10.1 Å². The van der Waals surface area contributed by atoms with Crippen LogP contribution in [0.3, 0.4) is 0 Å².